The van der Waals surface area contributed by atoms with Crippen molar-refractivity contribution in [2.24, 2.45) is 0 Å². The number of carbonyl (C=O) groups excluding carboxylic acids is 1. The summed E-state index contributed by atoms with van der Waals surface area (Å²) in [4.78, 5) is 11.4. The van der Waals surface area contributed by atoms with E-state index in [9.17, 15) is 26.4 Å². The van der Waals surface area contributed by atoms with E-state index in [1.165, 1.54) is 6.92 Å². The largest absolute Gasteiger partial charge is 0.523 e. The molecule has 0 aliphatic carbocycles. The summed E-state index contributed by atoms with van der Waals surface area (Å²) >= 11 is 0. The Morgan fingerprint density at radius 1 is 1.33 bits per heavy atom. The van der Waals surface area contributed by atoms with Crippen LogP contribution in [0.5, 0.6) is 0 Å². The smallest absolute Gasteiger partial charge is 0.467 e. The molecule has 0 amide bonds. The van der Waals surface area contributed by atoms with Gasteiger partial charge >= 0.3 is 21.6 Å². The van der Waals surface area contributed by atoms with Crippen LogP contribution >= 0.6 is 0 Å². The molecule has 1 rings (SSSR count). The van der Waals surface area contributed by atoms with Crippen LogP contribution in [0.4, 0.5) is 13.2 Å². The van der Waals surface area contributed by atoms with Gasteiger partial charge in [0.25, 0.3) is 0 Å². The minimum absolute atomic E-state index is 0.0415. The Labute approximate surface area is 119 Å². The maximum Gasteiger partial charge on any atom is 0.523 e. The highest BCUT2D eigenvalue weighted by molar-refractivity contribution is 7.87. The lowest BCUT2D eigenvalue weighted by molar-refractivity contribution is -0.160. The van der Waals surface area contributed by atoms with Gasteiger partial charge in [-0.05, 0) is 13.3 Å². The third-order valence-electron chi connectivity index (χ3n) is 2.75. The van der Waals surface area contributed by atoms with Crippen LogP contribution in [0, 0.1) is 0 Å². The van der Waals surface area contributed by atoms with Crippen molar-refractivity contribution in [3.63, 3.8) is 0 Å². The van der Waals surface area contributed by atoms with E-state index < -0.39 is 33.5 Å². The Kier molecular flexibility index (Phi) is 5.58. The fourth-order valence-corrected chi connectivity index (χ4v) is 2.23. The molecule has 1 aliphatic heterocycles. The van der Waals surface area contributed by atoms with E-state index in [4.69, 9.17) is 9.47 Å². The molecular formula is C10H15F3O7S. The van der Waals surface area contributed by atoms with Gasteiger partial charge in [-0.3, -0.25) is 0 Å². The van der Waals surface area contributed by atoms with Crippen molar-refractivity contribution in [3.8, 4) is 0 Å². The van der Waals surface area contributed by atoms with E-state index in [-0.39, 0.29) is 12.8 Å². The predicted octanol–water partition coefficient (Wildman–Crippen LogP) is 0.937. The summed E-state index contributed by atoms with van der Waals surface area (Å²) in [6.07, 6.45) is -2.34. The van der Waals surface area contributed by atoms with E-state index in [0.29, 0.717) is 13.2 Å². The molecule has 0 aromatic heterocycles. The number of rotatable bonds is 6. The van der Waals surface area contributed by atoms with E-state index in [2.05, 4.69) is 8.92 Å². The minimum atomic E-state index is -5.90. The van der Waals surface area contributed by atoms with Gasteiger partial charge in [0.2, 0.25) is 0 Å². The number of halogens is 3. The highest BCUT2D eigenvalue weighted by Crippen LogP contribution is 2.29. The molecule has 1 atom stereocenters. The molecule has 124 valence electrons. The van der Waals surface area contributed by atoms with Gasteiger partial charge in [-0.2, -0.15) is 21.6 Å². The Bertz CT molecular complexity index is 468. The first kappa shape index (κ1) is 18.1. The molecule has 0 radical (unpaired) electrons. The van der Waals surface area contributed by atoms with Crippen LogP contribution in [0.1, 0.15) is 19.8 Å². The molecule has 0 N–H and O–H groups in total. The highest BCUT2D eigenvalue weighted by atomic mass is 32.2. The van der Waals surface area contributed by atoms with Crippen molar-refractivity contribution in [1.82, 2.24) is 0 Å². The number of carbonyl (C=O) groups is 1. The fourth-order valence-electron chi connectivity index (χ4n) is 1.64. The average Bonchev–Trinajstić information content (AvgIpc) is 2.79. The van der Waals surface area contributed by atoms with E-state index in [1.54, 1.807) is 0 Å². The lowest BCUT2D eigenvalue weighted by atomic mass is 10.1. The summed E-state index contributed by atoms with van der Waals surface area (Å²) in [6.45, 7) is 2.11. The van der Waals surface area contributed by atoms with Crippen molar-refractivity contribution < 1.29 is 44.8 Å². The van der Waals surface area contributed by atoms with Crippen LogP contribution in [0.2, 0.25) is 0 Å². The molecule has 21 heavy (non-hydrogen) atoms. The lowest BCUT2D eigenvalue weighted by Crippen LogP contribution is -2.37. The predicted molar refractivity (Wildman–Crippen MR) is 61.4 cm³/mol. The van der Waals surface area contributed by atoms with Crippen LogP contribution in [0.3, 0.4) is 0 Å². The molecule has 0 aromatic carbocycles. The van der Waals surface area contributed by atoms with E-state index in [0.717, 1.165) is 7.11 Å². The summed E-state index contributed by atoms with van der Waals surface area (Å²) < 4.78 is 77.2. The summed E-state index contributed by atoms with van der Waals surface area (Å²) in [5.74, 6) is -2.33. The van der Waals surface area contributed by atoms with Gasteiger partial charge in [-0.15, -0.1) is 0 Å². The van der Waals surface area contributed by atoms with E-state index in [1.807, 2.05) is 0 Å². The third-order valence-corrected chi connectivity index (χ3v) is 3.80. The van der Waals surface area contributed by atoms with Gasteiger partial charge in [0.15, 0.2) is 11.9 Å². The second kappa shape index (κ2) is 6.46. The van der Waals surface area contributed by atoms with Crippen LogP contribution in [0.25, 0.3) is 0 Å². The van der Waals surface area contributed by atoms with Crippen molar-refractivity contribution in [3.05, 3.63) is 0 Å². The Morgan fingerprint density at radius 2 is 1.86 bits per heavy atom. The van der Waals surface area contributed by atoms with Gasteiger partial charge in [-0.1, -0.05) is 0 Å². The number of esters is 1. The minimum Gasteiger partial charge on any atom is -0.467 e. The van der Waals surface area contributed by atoms with Crippen molar-refractivity contribution in [2.75, 3.05) is 20.3 Å². The number of hydrogen-bond donors (Lipinski definition) is 0. The highest BCUT2D eigenvalue weighted by Gasteiger charge is 2.50. The van der Waals surface area contributed by atoms with Gasteiger partial charge in [0, 0.05) is 6.42 Å². The maximum atomic E-state index is 12.3. The molecule has 1 fully saturated rings. The van der Waals surface area contributed by atoms with Crippen LogP contribution in [-0.4, -0.2) is 52.1 Å². The SMILES string of the molecule is COC(=O)C(CCC1(C)OCCO1)OS(=O)(=O)C(F)(F)F. The first-order chi connectivity index (χ1) is 9.51. The molecule has 7 nitrogen and oxygen atoms in total. The molecule has 11 heteroatoms. The van der Waals surface area contributed by atoms with Crippen molar-refractivity contribution in [1.29, 1.82) is 0 Å². The van der Waals surface area contributed by atoms with Crippen LogP contribution < -0.4 is 0 Å². The summed E-state index contributed by atoms with van der Waals surface area (Å²) in [6, 6.07) is 0. The summed E-state index contributed by atoms with van der Waals surface area (Å²) in [7, 11) is -4.99. The molecule has 1 aliphatic rings. The van der Waals surface area contributed by atoms with Crippen LogP contribution in [0.15, 0.2) is 0 Å². The molecular weight excluding hydrogens is 321 g/mol. The molecule has 1 heterocycles. The number of ether oxygens (including phenoxy) is 3. The molecule has 1 unspecified atom stereocenters. The normalized spacial score (nSPS) is 20.2. The Morgan fingerprint density at radius 3 is 2.29 bits per heavy atom. The van der Waals surface area contributed by atoms with Crippen molar-refractivity contribution >= 4 is 16.1 Å². The molecule has 1 saturated heterocycles. The zero-order valence-electron chi connectivity index (χ0n) is 11.3. The van der Waals surface area contributed by atoms with Crippen LogP contribution in [-0.2, 0) is 33.3 Å². The standard InChI is InChI=1S/C10H15F3O7S/c1-9(18-5-6-19-9)4-3-7(8(14)17-2)20-21(15,16)10(11,12)13/h7H,3-6H2,1-2H3. The quantitative estimate of drug-likeness (QED) is 0.405. The third kappa shape index (κ3) is 4.80. The molecule has 0 bridgehead atoms. The summed E-state index contributed by atoms with van der Waals surface area (Å²) in [5, 5.41) is 0. The zero-order valence-corrected chi connectivity index (χ0v) is 12.1. The first-order valence-electron chi connectivity index (χ1n) is 5.86. The second-order valence-corrected chi connectivity index (χ2v) is 5.94. The Balaban J connectivity index is 2.75. The van der Waals surface area contributed by atoms with Gasteiger partial charge < -0.3 is 14.2 Å². The number of methoxy groups -OCH3 is 1. The fraction of sp³-hybridized carbons (Fsp3) is 0.900. The van der Waals surface area contributed by atoms with Gasteiger partial charge in [0.1, 0.15) is 0 Å². The number of hydrogen-bond acceptors (Lipinski definition) is 7. The average molecular weight is 336 g/mol. The molecule has 0 spiro atoms. The zero-order chi connectivity index (χ0) is 16.3. The molecule has 0 aromatic rings. The first-order valence-corrected chi connectivity index (χ1v) is 7.27. The Hall–Kier alpha value is -0.910. The maximum absolute atomic E-state index is 12.3. The van der Waals surface area contributed by atoms with E-state index >= 15 is 0 Å². The molecule has 0 saturated carbocycles. The van der Waals surface area contributed by atoms with Gasteiger partial charge in [0.05, 0.1) is 20.3 Å². The summed E-state index contributed by atoms with van der Waals surface area (Å²) in [5.41, 5.74) is -5.62. The monoisotopic (exact) mass is 336 g/mol. The lowest BCUT2D eigenvalue weighted by Gasteiger charge is -2.24. The van der Waals surface area contributed by atoms with Crippen molar-refractivity contribution in [2.45, 2.75) is 37.2 Å². The second-order valence-electron chi connectivity index (χ2n) is 4.38. The van der Waals surface area contributed by atoms with Gasteiger partial charge in [-0.25, -0.2) is 8.98 Å². The number of alkyl halides is 3. The topological polar surface area (TPSA) is 88.1 Å².